The van der Waals surface area contributed by atoms with Gasteiger partial charge < -0.3 is 10.2 Å². The van der Waals surface area contributed by atoms with Crippen molar-refractivity contribution < 1.29 is 15.0 Å². The largest absolute Gasteiger partial charge is 0.507 e. The number of benzene rings is 4. The van der Waals surface area contributed by atoms with Gasteiger partial charge >= 0.3 is 0 Å². The number of phenols is 2. The third-order valence-corrected chi connectivity index (χ3v) is 5.37. The van der Waals surface area contributed by atoms with E-state index in [-0.39, 0.29) is 23.2 Å². The summed E-state index contributed by atoms with van der Waals surface area (Å²) in [5.74, 6) is -0.0924. The molecule has 0 unspecified atom stereocenters. The zero-order valence-electron chi connectivity index (χ0n) is 14.4. The van der Waals surface area contributed by atoms with Crippen molar-refractivity contribution in [2.45, 2.75) is 5.92 Å². The maximum absolute atomic E-state index is 12.9. The molecule has 3 nitrogen and oxygen atoms in total. The first-order valence-corrected chi connectivity index (χ1v) is 8.83. The first-order valence-electron chi connectivity index (χ1n) is 8.83. The van der Waals surface area contributed by atoms with Gasteiger partial charge in [-0.25, -0.2) is 0 Å². The number of carbonyl (C=O) groups excluding carboxylic acids is 1. The molecular formula is C24H16O3. The maximum Gasteiger partial charge on any atom is 0.193 e. The highest BCUT2D eigenvalue weighted by molar-refractivity contribution is 6.13. The Morgan fingerprint density at radius 3 is 1.78 bits per heavy atom. The van der Waals surface area contributed by atoms with Gasteiger partial charge in [0.2, 0.25) is 0 Å². The molecular weight excluding hydrogens is 336 g/mol. The lowest BCUT2D eigenvalue weighted by Crippen LogP contribution is -2.20. The summed E-state index contributed by atoms with van der Waals surface area (Å²) in [4.78, 5) is 12.9. The van der Waals surface area contributed by atoms with Crippen LogP contribution in [0.3, 0.4) is 0 Å². The summed E-state index contributed by atoms with van der Waals surface area (Å²) in [5.41, 5.74) is 3.54. The fourth-order valence-electron chi connectivity index (χ4n) is 4.14. The van der Waals surface area contributed by atoms with Crippen LogP contribution in [-0.2, 0) is 0 Å². The van der Waals surface area contributed by atoms with Crippen molar-refractivity contribution in [2.75, 3.05) is 0 Å². The van der Waals surface area contributed by atoms with Gasteiger partial charge in [-0.05, 0) is 17.2 Å². The van der Waals surface area contributed by atoms with E-state index < -0.39 is 0 Å². The average Bonchev–Trinajstić information content (AvgIpc) is 2.72. The molecule has 0 bridgehead atoms. The predicted octanol–water partition coefficient (Wildman–Crippen LogP) is 4.98. The van der Waals surface area contributed by atoms with Gasteiger partial charge in [0, 0.05) is 33.4 Å². The molecule has 3 heteroatoms. The van der Waals surface area contributed by atoms with Crippen molar-refractivity contribution in [3.05, 3.63) is 107 Å². The summed E-state index contributed by atoms with van der Waals surface area (Å²) in [6.07, 6.45) is 0. The number of ketones is 1. The van der Waals surface area contributed by atoms with Crippen molar-refractivity contribution in [2.24, 2.45) is 0 Å². The van der Waals surface area contributed by atoms with Gasteiger partial charge in [0.25, 0.3) is 0 Å². The Morgan fingerprint density at radius 2 is 1.15 bits per heavy atom. The Balaban J connectivity index is 1.87. The van der Waals surface area contributed by atoms with Crippen LogP contribution in [0.4, 0.5) is 0 Å². The van der Waals surface area contributed by atoms with E-state index in [9.17, 15) is 15.0 Å². The Kier molecular flexibility index (Phi) is 3.31. The van der Waals surface area contributed by atoms with E-state index in [1.54, 1.807) is 18.2 Å². The zero-order chi connectivity index (χ0) is 18.5. The number of hydrogen-bond acceptors (Lipinski definition) is 3. The SMILES string of the molecule is O=C1c2ccccc2C(c2cc(O)c3ccccc3c2O)c2ccccc21. The lowest BCUT2D eigenvalue weighted by molar-refractivity contribution is 0.103. The molecule has 4 aromatic carbocycles. The molecule has 0 radical (unpaired) electrons. The van der Waals surface area contributed by atoms with Crippen molar-refractivity contribution >= 4 is 16.6 Å². The molecule has 1 aliphatic rings. The molecule has 0 heterocycles. The Morgan fingerprint density at radius 1 is 0.630 bits per heavy atom. The number of rotatable bonds is 1. The van der Waals surface area contributed by atoms with E-state index in [1.165, 1.54) is 0 Å². The van der Waals surface area contributed by atoms with Gasteiger partial charge in [0.05, 0.1) is 0 Å². The predicted molar refractivity (Wildman–Crippen MR) is 105 cm³/mol. The van der Waals surface area contributed by atoms with E-state index in [0.717, 1.165) is 11.1 Å². The Hall–Kier alpha value is -3.59. The van der Waals surface area contributed by atoms with Crippen LogP contribution in [0.1, 0.15) is 38.5 Å². The molecule has 0 saturated carbocycles. The highest BCUT2D eigenvalue weighted by Crippen LogP contribution is 2.47. The van der Waals surface area contributed by atoms with Gasteiger partial charge in [0.1, 0.15) is 11.5 Å². The summed E-state index contributed by atoms with van der Waals surface area (Å²) in [7, 11) is 0. The smallest absolute Gasteiger partial charge is 0.193 e. The fraction of sp³-hybridized carbons (Fsp3) is 0.0417. The normalized spacial score (nSPS) is 13.4. The van der Waals surface area contributed by atoms with E-state index in [0.29, 0.717) is 27.5 Å². The van der Waals surface area contributed by atoms with Crippen LogP contribution in [0.25, 0.3) is 10.8 Å². The molecule has 27 heavy (non-hydrogen) atoms. The van der Waals surface area contributed by atoms with E-state index in [2.05, 4.69) is 0 Å². The van der Waals surface area contributed by atoms with Gasteiger partial charge in [-0.3, -0.25) is 4.79 Å². The minimum atomic E-state index is -0.328. The average molecular weight is 352 g/mol. The van der Waals surface area contributed by atoms with Crippen molar-refractivity contribution in [3.63, 3.8) is 0 Å². The minimum Gasteiger partial charge on any atom is -0.507 e. The fourth-order valence-corrected chi connectivity index (χ4v) is 4.14. The summed E-state index contributed by atoms with van der Waals surface area (Å²) >= 11 is 0. The molecule has 130 valence electrons. The van der Waals surface area contributed by atoms with Gasteiger partial charge in [0.15, 0.2) is 5.78 Å². The number of hydrogen-bond donors (Lipinski definition) is 2. The Labute approximate surface area is 156 Å². The lowest BCUT2D eigenvalue weighted by Gasteiger charge is -2.29. The van der Waals surface area contributed by atoms with Gasteiger partial charge in [-0.15, -0.1) is 0 Å². The molecule has 0 aromatic heterocycles. The second-order valence-electron chi connectivity index (χ2n) is 6.82. The van der Waals surface area contributed by atoms with Crippen LogP contribution < -0.4 is 0 Å². The number of fused-ring (bicyclic) bond motifs is 3. The van der Waals surface area contributed by atoms with Gasteiger partial charge in [-0.1, -0.05) is 72.8 Å². The molecule has 2 N–H and O–H groups in total. The molecule has 0 atom stereocenters. The third-order valence-electron chi connectivity index (χ3n) is 5.37. The standard InChI is InChI=1S/C24H16O3/c25-21-13-20(24(27)17-10-4-1-7-14(17)21)22-15-8-2-5-11-18(15)23(26)19-12-6-3-9-16(19)22/h1-13,22,25,27H. The molecule has 0 spiro atoms. The number of carbonyl (C=O) groups is 1. The number of phenolic OH excluding ortho intramolecular Hbond substituents is 2. The Bertz CT molecular complexity index is 1170. The summed E-state index contributed by atoms with van der Waals surface area (Å²) in [6, 6.07) is 23.8. The van der Waals surface area contributed by atoms with Crippen molar-refractivity contribution in [1.29, 1.82) is 0 Å². The number of aromatic hydroxyl groups is 2. The quantitative estimate of drug-likeness (QED) is 0.419. The summed E-state index contributed by atoms with van der Waals surface area (Å²) in [5, 5.41) is 22.8. The summed E-state index contributed by atoms with van der Waals surface area (Å²) in [6.45, 7) is 0. The molecule has 1 aliphatic carbocycles. The van der Waals surface area contributed by atoms with Gasteiger partial charge in [-0.2, -0.15) is 0 Å². The van der Waals surface area contributed by atoms with Crippen LogP contribution in [0.15, 0.2) is 78.9 Å². The second-order valence-corrected chi connectivity index (χ2v) is 6.82. The highest BCUT2D eigenvalue weighted by atomic mass is 16.3. The third kappa shape index (κ3) is 2.18. The molecule has 0 aliphatic heterocycles. The van der Waals surface area contributed by atoms with Crippen LogP contribution >= 0.6 is 0 Å². The second kappa shape index (κ2) is 5.71. The molecule has 0 fully saturated rings. The van der Waals surface area contributed by atoms with Crippen molar-refractivity contribution in [1.82, 2.24) is 0 Å². The van der Waals surface area contributed by atoms with Crippen LogP contribution in [-0.4, -0.2) is 16.0 Å². The molecule has 5 rings (SSSR count). The van der Waals surface area contributed by atoms with E-state index in [1.807, 2.05) is 60.7 Å². The van der Waals surface area contributed by atoms with E-state index in [4.69, 9.17) is 0 Å². The maximum atomic E-state index is 12.9. The van der Waals surface area contributed by atoms with Crippen molar-refractivity contribution in [3.8, 4) is 11.5 Å². The highest BCUT2D eigenvalue weighted by Gasteiger charge is 2.33. The molecule has 0 amide bonds. The summed E-state index contributed by atoms with van der Waals surface area (Å²) < 4.78 is 0. The first kappa shape index (κ1) is 15.6. The van der Waals surface area contributed by atoms with E-state index >= 15 is 0 Å². The zero-order valence-corrected chi connectivity index (χ0v) is 14.4. The minimum absolute atomic E-state index is 0.0121. The monoisotopic (exact) mass is 352 g/mol. The van der Waals surface area contributed by atoms with Crippen LogP contribution in [0.5, 0.6) is 11.5 Å². The van der Waals surface area contributed by atoms with Crippen LogP contribution in [0.2, 0.25) is 0 Å². The topological polar surface area (TPSA) is 57.5 Å². The van der Waals surface area contributed by atoms with Crippen LogP contribution in [0, 0.1) is 0 Å². The molecule has 0 saturated heterocycles. The first-order chi connectivity index (χ1) is 13.2. The molecule has 4 aromatic rings. The lowest BCUT2D eigenvalue weighted by atomic mass is 9.73.